The fourth-order valence-corrected chi connectivity index (χ4v) is 3.62. The van der Waals surface area contributed by atoms with Crippen LogP contribution in [0.25, 0.3) is 11.0 Å². The molecular weight excluding hydrogens is 332 g/mol. The lowest BCUT2D eigenvalue weighted by Gasteiger charge is -2.31. The third-order valence-electron chi connectivity index (χ3n) is 5.05. The van der Waals surface area contributed by atoms with Gasteiger partial charge >= 0.3 is 0 Å². The second-order valence-electron chi connectivity index (χ2n) is 6.89. The fraction of sp³-hybridized carbons (Fsp3) is 0.444. The molecule has 0 spiro atoms. The Morgan fingerprint density at radius 1 is 1.38 bits per heavy atom. The third-order valence-corrected chi connectivity index (χ3v) is 5.05. The van der Waals surface area contributed by atoms with E-state index < -0.39 is 0 Å². The molecule has 0 saturated carbocycles. The van der Waals surface area contributed by atoms with Gasteiger partial charge in [-0.15, -0.1) is 10.2 Å². The minimum Gasteiger partial charge on any atom is -0.388 e. The molecule has 3 heterocycles. The fourth-order valence-electron chi connectivity index (χ4n) is 3.62. The molecule has 136 valence electrons. The van der Waals surface area contributed by atoms with Gasteiger partial charge in [-0.2, -0.15) is 0 Å². The number of aryl methyl sites for hydroxylation is 1. The van der Waals surface area contributed by atoms with Gasteiger partial charge < -0.3 is 19.6 Å². The molecule has 2 aromatic heterocycles. The SMILES string of the molecule is Cc1ccc2nc(C(=O)N3CCC[C@@H](c4nnc(CO)n4C)C3)[nH]c2c1. The first-order valence-electron chi connectivity index (χ1n) is 8.81. The number of piperidine rings is 1. The maximum absolute atomic E-state index is 12.9. The van der Waals surface area contributed by atoms with Crippen LogP contribution in [0.5, 0.6) is 0 Å². The number of aromatic amines is 1. The van der Waals surface area contributed by atoms with E-state index in [0.717, 1.165) is 35.3 Å². The summed E-state index contributed by atoms with van der Waals surface area (Å²) in [4.78, 5) is 22.3. The van der Waals surface area contributed by atoms with Crippen LogP contribution in [0.1, 0.15) is 46.6 Å². The van der Waals surface area contributed by atoms with Crippen molar-refractivity contribution in [2.75, 3.05) is 13.1 Å². The molecule has 26 heavy (non-hydrogen) atoms. The van der Waals surface area contributed by atoms with Gasteiger partial charge in [0.15, 0.2) is 11.6 Å². The summed E-state index contributed by atoms with van der Waals surface area (Å²) in [5.41, 5.74) is 2.80. The zero-order chi connectivity index (χ0) is 18.3. The van der Waals surface area contributed by atoms with Crippen LogP contribution in [-0.2, 0) is 13.7 Å². The first kappa shape index (κ1) is 16.7. The number of hydrogen-bond acceptors (Lipinski definition) is 5. The summed E-state index contributed by atoms with van der Waals surface area (Å²) >= 11 is 0. The zero-order valence-electron chi connectivity index (χ0n) is 14.9. The Morgan fingerprint density at radius 3 is 3.00 bits per heavy atom. The Kier molecular flexibility index (Phi) is 4.20. The minimum absolute atomic E-state index is 0.0897. The first-order valence-corrected chi connectivity index (χ1v) is 8.81. The van der Waals surface area contributed by atoms with E-state index in [1.807, 2.05) is 41.6 Å². The summed E-state index contributed by atoms with van der Waals surface area (Å²) in [6.45, 7) is 3.15. The molecule has 8 heteroatoms. The van der Waals surface area contributed by atoms with Crippen LogP contribution in [0.15, 0.2) is 18.2 Å². The Bertz CT molecular complexity index is 960. The van der Waals surface area contributed by atoms with Gasteiger partial charge in [-0.3, -0.25) is 4.79 Å². The van der Waals surface area contributed by atoms with Crippen LogP contribution in [0.4, 0.5) is 0 Å². The Balaban J connectivity index is 1.56. The molecule has 3 aromatic rings. The largest absolute Gasteiger partial charge is 0.388 e. The van der Waals surface area contributed by atoms with E-state index in [2.05, 4.69) is 20.2 Å². The van der Waals surface area contributed by atoms with Gasteiger partial charge in [0.1, 0.15) is 12.4 Å². The van der Waals surface area contributed by atoms with Crippen LogP contribution in [0.3, 0.4) is 0 Å². The maximum atomic E-state index is 12.9. The van der Waals surface area contributed by atoms with Crippen molar-refractivity contribution in [1.29, 1.82) is 0 Å². The van der Waals surface area contributed by atoms with Crippen molar-refractivity contribution >= 4 is 16.9 Å². The predicted octanol–water partition coefficient (Wildman–Crippen LogP) is 1.51. The van der Waals surface area contributed by atoms with Gasteiger partial charge in [-0.25, -0.2) is 4.98 Å². The number of fused-ring (bicyclic) bond motifs is 1. The number of hydrogen-bond donors (Lipinski definition) is 2. The number of aliphatic hydroxyl groups is 1. The predicted molar refractivity (Wildman–Crippen MR) is 95.6 cm³/mol. The first-order chi connectivity index (χ1) is 12.6. The quantitative estimate of drug-likeness (QED) is 0.743. The second kappa shape index (κ2) is 6.53. The van der Waals surface area contributed by atoms with Crippen LogP contribution >= 0.6 is 0 Å². The highest BCUT2D eigenvalue weighted by Gasteiger charge is 2.30. The van der Waals surface area contributed by atoms with Crippen LogP contribution in [0.2, 0.25) is 0 Å². The Morgan fingerprint density at radius 2 is 2.23 bits per heavy atom. The molecule has 0 unspecified atom stereocenters. The van der Waals surface area contributed by atoms with E-state index in [1.165, 1.54) is 0 Å². The lowest BCUT2D eigenvalue weighted by molar-refractivity contribution is 0.0692. The highest BCUT2D eigenvalue weighted by atomic mass is 16.3. The van der Waals surface area contributed by atoms with Crippen LogP contribution < -0.4 is 0 Å². The minimum atomic E-state index is -0.142. The molecule has 1 aliphatic rings. The number of aromatic nitrogens is 5. The van der Waals surface area contributed by atoms with Crippen molar-refractivity contribution in [1.82, 2.24) is 29.6 Å². The number of likely N-dealkylation sites (tertiary alicyclic amines) is 1. The number of carbonyl (C=O) groups is 1. The van der Waals surface area contributed by atoms with E-state index in [0.29, 0.717) is 24.7 Å². The number of aliphatic hydroxyl groups excluding tert-OH is 1. The summed E-state index contributed by atoms with van der Waals surface area (Å²) in [5.74, 6) is 1.74. The highest BCUT2D eigenvalue weighted by Crippen LogP contribution is 2.27. The number of amides is 1. The smallest absolute Gasteiger partial charge is 0.289 e. The van der Waals surface area contributed by atoms with E-state index in [4.69, 9.17) is 0 Å². The summed E-state index contributed by atoms with van der Waals surface area (Å²) in [6, 6.07) is 5.90. The molecule has 0 radical (unpaired) electrons. The molecule has 1 aliphatic heterocycles. The molecule has 1 amide bonds. The number of benzene rings is 1. The Labute approximate surface area is 150 Å². The topological polar surface area (TPSA) is 99.9 Å². The van der Waals surface area contributed by atoms with Gasteiger partial charge in [0.2, 0.25) is 0 Å². The number of imidazole rings is 1. The van der Waals surface area contributed by atoms with Gasteiger partial charge in [0.05, 0.1) is 11.0 Å². The molecule has 0 aliphatic carbocycles. The van der Waals surface area contributed by atoms with Crippen molar-refractivity contribution in [2.45, 2.75) is 32.3 Å². The van der Waals surface area contributed by atoms with Crippen molar-refractivity contribution in [3.8, 4) is 0 Å². The number of nitrogens with one attached hydrogen (secondary N) is 1. The van der Waals surface area contributed by atoms with Crippen molar-refractivity contribution in [3.05, 3.63) is 41.2 Å². The Hall–Kier alpha value is -2.74. The summed E-state index contributed by atoms with van der Waals surface area (Å²) < 4.78 is 1.82. The molecule has 1 atom stereocenters. The average Bonchev–Trinajstić information content (AvgIpc) is 3.24. The van der Waals surface area contributed by atoms with E-state index in [9.17, 15) is 9.90 Å². The molecule has 1 saturated heterocycles. The summed E-state index contributed by atoms with van der Waals surface area (Å²) in [5, 5.41) is 17.5. The normalized spacial score (nSPS) is 17.8. The summed E-state index contributed by atoms with van der Waals surface area (Å²) in [6.07, 6.45) is 1.84. The van der Waals surface area contributed by atoms with Crippen LogP contribution in [-0.4, -0.2) is 53.7 Å². The standard InChI is InChI=1S/C18H22N6O2/c1-11-5-6-13-14(8-11)20-16(19-13)18(26)24-7-3-4-12(9-24)17-22-21-15(10-25)23(17)2/h5-6,8,12,25H,3-4,7,9-10H2,1-2H3,(H,19,20)/t12-/m1/s1. The number of rotatable bonds is 3. The maximum Gasteiger partial charge on any atom is 0.289 e. The van der Waals surface area contributed by atoms with Gasteiger partial charge in [-0.05, 0) is 37.5 Å². The van der Waals surface area contributed by atoms with Crippen molar-refractivity contribution < 1.29 is 9.90 Å². The van der Waals surface area contributed by atoms with E-state index in [-0.39, 0.29) is 18.4 Å². The molecular formula is C18H22N6O2. The van der Waals surface area contributed by atoms with Gasteiger partial charge in [-0.1, -0.05) is 6.07 Å². The number of carbonyl (C=O) groups excluding carboxylic acids is 1. The monoisotopic (exact) mass is 354 g/mol. The number of nitrogens with zero attached hydrogens (tertiary/aromatic N) is 5. The zero-order valence-corrected chi connectivity index (χ0v) is 14.9. The number of H-pyrrole nitrogens is 1. The lowest BCUT2D eigenvalue weighted by atomic mass is 9.97. The molecule has 0 bridgehead atoms. The van der Waals surface area contributed by atoms with E-state index >= 15 is 0 Å². The van der Waals surface area contributed by atoms with Gasteiger partial charge in [0, 0.05) is 26.1 Å². The molecule has 1 fully saturated rings. The van der Waals surface area contributed by atoms with Gasteiger partial charge in [0.25, 0.3) is 5.91 Å². The average molecular weight is 354 g/mol. The van der Waals surface area contributed by atoms with Crippen molar-refractivity contribution in [3.63, 3.8) is 0 Å². The molecule has 2 N–H and O–H groups in total. The van der Waals surface area contributed by atoms with E-state index in [1.54, 1.807) is 0 Å². The van der Waals surface area contributed by atoms with Crippen LogP contribution in [0, 0.1) is 6.92 Å². The molecule has 4 rings (SSSR count). The summed E-state index contributed by atoms with van der Waals surface area (Å²) in [7, 11) is 1.85. The lowest BCUT2D eigenvalue weighted by Crippen LogP contribution is -2.40. The van der Waals surface area contributed by atoms with Crippen molar-refractivity contribution in [2.24, 2.45) is 7.05 Å². The highest BCUT2D eigenvalue weighted by molar-refractivity contribution is 5.94. The molecule has 1 aromatic carbocycles. The third kappa shape index (κ3) is 2.86. The molecule has 8 nitrogen and oxygen atoms in total. The second-order valence-corrected chi connectivity index (χ2v) is 6.89.